The molecule has 132 valence electrons. The van der Waals surface area contributed by atoms with E-state index in [1.54, 1.807) is 0 Å². The SMILES string of the molecule is CO[C@@]1(CO)CC23CC[C@@H]4C(C)(C)CCC[C@@]4(C)[C@@H]2CCC1C3. The van der Waals surface area contributed by atoms with Crippen molar-refractivity contribution >= 4 is 0 Å². The van der Waals surface area contributed by atoms with Gasteiger partial charge in [-0.05, 0) is 85.4 Å². The summed E-state index contributed by atoms with van der Waals surface area (Å²) >= 11 is 0. The van der Waals surface area contributed by atoms with Gasteiger partial charge in [-0.25, -0.2) is 0 Å². The first-order valence-electron chi connectivity index (χ1n) is 9.98. The van der Waals surface area contributed by atoms with Crippen molar-refractivity contribution in [2.75, 3.05) is 13.7 Å². The quantitative estimate of drug-likeness (QED) is 0.792. The predicted molar refractivity (Wildman–Crippen MR) is 93.2 cm³/mol. The second-order valence-corrected chi connectivity index (χ2v) is 10.4. The number of rotatable bonds is 2. The molecule has 0 saturated heterocycles. The molecule has 0 aromatic rings. The Morgan fingerprint density at radius 3 is 2.48 bits per heavy atom. The monoisotopic (exact) mass is 320 g/mol. The normalized spacial score (nSPS) is 54.4. The summed E-state index contributed by atoms with van der Waals surface area (Å²) in [5, 5.41) is 10.1. The number of hydrogen-bond donors (Lipinski definition) is 1. The molecule has 4 rings (SSSR count). The second-order valence-electron chi connectivity index (χ2n) is 10.4. The summed E-state index contributed by atoms with van der Waals surface area (Å²) in [5.74, 6) is 2.33. The molecule has 0 aliphatic heterocycles. The molecule has 1 N–H and O–H groups in total. The first kappa shape index (κ1) is 16.4. The molecule has 4 saturated carbocycles. The highest BCUT2D eigenvalue weighted by Gasteiger charge is 2.67. The minimum Gasteiger partial charge on any atom is -0.393 e. The van der Waals surface area contributed by atoms with E-state index in [-0.39, 0.29) is 12.2 Å². The van der Waals surface area contributed by atoms with E-state index in [1.165, 1.54) is 51.4 Å². The number of ether oxygens (including phenoxy) is 1. The van der Waals surface area contributed by atoms with E-state index in [0.29, 0.717) is 22.2 Å². The van der Waals surface area contributed by atoms with Gasteiger partial charge in [0, 0.05) is 7.11 Å². The molecule has 0 aromatic heterocycles. The summed E-state index contributed by atoms with van der Waals surface area (Å²) in [6, 6.07) is 0. The molecule has 23 heavy (non-hydrogen) atoms. The van der Waals surface area contributed by atoms with Gasteiger partial charge in [0.15, 0.2) is 0 Å². The average molecular weight is 321 g/mol. The molecule has 0 radical (unpaired) electrons. The lowest BCUT2D eigenvalue weighted by atomic mass is 9.41. The first-order chi connectivity index (χ1) is 10.8. The molecule has 4 aliphatic rings. The van der Waals surface area contributed by atoms with Gasteiger partial charge in [0.1, 0.15) is 0 Å². The van der Waals surface area contributed by atoms with Crippen LogP contribution in [0, 0.1) is 34.0 Å². The zero-order valence-corrected chi connectivity index (χ0v) is 15.7. The van der Waals surface area contributed by atoms with Crippen molar-refractivity contribution in [2.24, 2.45) is 34.0 Å². The van der Waals surface area contributed by atoms with Crippen molar-refractivity contribution in [3.8, 4) is 0 Å². The van der Waals surface area contributed by atoms with Gasteiger partial charge in [0.2, 0.25) is 0 Å². The number of hydrogen-bond acceptors (Lipinski definition) is 2. The van der Waals surface area contributed by atoms with E-state index in [4.69, 9.17) is 4.74 Å². The van der Waals surface area contributed by atoms with Gasteiger partial charge >= 0.3 is 0 Å². The van der Waals surface area contributed by atoms with Crippen molar-refractivity contribution < 1.29 is 9.84 Å². The van der Waals surface area contributed by atoms with Crippen molar-refractivity contribution in [1.29, 1.82) is 0 Å². The molecule has 2 heteroatoms. The van der Waals surface area contributed by atoms with Gasteiger partial charge in [-0.3, -0.25) is 0 Å². The molecule has 0 amide bonds. The van der Waals surface area contributed by atoms with Crippen LogP contribution in [0.4, 0.5) is 0 Å². The summed E-state index contributed by atoms with van der Waals surface area (Å²) in [5.41, 5.74) is 1.26. The predicted octanol–water partition coefficient (Wildman–Crippen LogP) is 4.80. The zero-order valence-electron chi connectivity index (χ0n) is 15.7. The Bertz CT molecular complexity index is 480. The van der Waals surface area contributed by atoms with Crippen molar-refractivity contribution in [1.82, 2.24) is 0 Å². The summed E-state index contributed by atoms with van der Waals surface area (Å²) in [7, 11) is 1.83. The number of methoxy groups -OCH3 is 1. The fourth-order valence-corrected chi connectivity index (χ4v) is 8.41. The van der Waals surface area contributed by atoms with Crippen LogP contribution in [-0.4, -0.2) is 24.4 Å². The van der Waals surface area contributed by atoms with Gasteiger partial charge in [0.05, 0.1) is 12.2 Å². The maximum absolute atomic E-state index is 10.1. The number of aliphatic hydroxyl groups excluding tert-OH is 1. The van der Waals surface area contributed by atoms with E-state index in [1.807, 2.05) is 7.11 Å². The van der Waals surface area contributed by atoms with Crippen LogP contribution < -0.4 is 0 Å². The molecule has 4 fully saturated rings. The van der Waals surface area contributed by atoms with Crippen LogP contribution in [0.3, 0.4) is 0 Å². The Balaban J connectivity index is 1.71. The lowest BCUT2D eigenvalue weighted by Gasteiger charge is -2.64. The van der Waals surface area contributed by atoms with E-state index < -0.39 is 0 Å². The fourth-order valence-electron chi connectivity index (χ4n) is 8.41. The second kappa shape index (κ2) is 4.97. The van der Waals surface area contributed by atoms with Gasteiger partial charge in [-0.1, -0.05) is 27.2 Å². The van der Waals surface area contributed by atoms with E-state index >= 15 is 0 Å². The third-order valence-electron chi connectivity index (χ3n) is 9.27. The maximum Gasteiger partial charge on any atom is 0.0941 e. The van der Waals surface area contributed by atoms with Gasteiger partial charge in [-0.2, -0.15) is 0 Å². The highest BCUT2D eigenvalue weighted by Crippen LogP contribution is 2.73. The van der Waals surface area contributed by atoms with Crippen LogP contribution in [0.25, 0.3) is 0 Å². The summed E-state index contributed by atoms with van der Waals surface area (Å²) in [6.07, 6.45) is 12.1. The zero-order chi connectivity index (χ0) is 16.5. The lowest BCUT2D eigenvalue weighted by molar-refractivity contribution is -0.145. The molecule has 0 aromatic carbocycles. The molecule has 2 bridgehead atoms. The van der Waals surface area contributed by atoms with Crippen LogP contribution in [0.15, 0.2) is 0 Å². The third-order valence-corrected chi connectivity index (χ3v) is 9.27. The Hall–Kier alpha value is -0.0800. The highest BCUT2D eigenvalue weighted by molar-refractivity contribution is 5.16. The van der Waals surface area contributed by atoms with E-state index in [0.717, 1.165) is 18.3 Å². The Morgan fingerprint density at radius 2 is 1.78 bits per heavy atom. The van der Waals surface area contributed by atoms with Gasteiger partial charge in [0.25, 0.3) is 0 Å². The van der Waals surface area contributed by atoms with E-state index in [2.05, 4.69) is 20.8 Å². The molecular weight excluding hydrogens is 284 g/mol. The molecule has 0 heterocycles. The lowest BCUT2D eigenvalue weighted by Crippen LogP contribution is -2.55. The molecule has 2 unspecified atom stereocenters. The average Bonchev–Trinajstić information content (AvgIpc) is 2.74. The first-order valence-corrected chi connectivity index (χ1v) is 9.98. The maximum atomic E-state index is 10.1. The molecule has 1 spiro atoms. The van der Waals surface area contributed by atoms with Crippen LogP contribution in [0.1, 0.15) is 78.6 Å². The third kappa shape index (κ3) is 2.00. The molecule has 2 nitrogen and oxygen atoms in total. The topological polar surface area (TPSA) is 29.5 Å². The largest absolute Gasteiger partial charge is 0.393 e. The van der Waals surface area contributed by atoms with Gasteiger partial charge < -0.3 is 9.84 Å². The number of fused-ring (bicyclic) bond motifs is 3. The smallest absolute Gasteiger partial charge is 0.0941 e. The molecule has 6 atom stereocenters. The number of aliphatic hydroxyl groups is 1. The standard InChI is InChI=1S/C21H36O2/c1-18(2)9-5-10-19(3)16(18)8-11-20-12-15(6-7-17(19)20)21(13-20,14-22)23-4/h15-17,22H,5-14H2,1-4H3/t15?,16-,17+,19-,20?,21-/m1/s1. The Kier molecular flexibility index (Phi) is 3.54. The van der Waals surface area contributed by atoms with Crippen molar-refractivity contribution in [3.05, 3.63) is 0 Å². The Morgan fingerprint density at radius 1 is 1.00 bits per heavy atom. The molecule has 4 aliphatic carbocycles. The van der Waals surface area contributed by atoms with Gasteiger partial charge in [-0.15, -0.1) is 0 Å². The van der Waals surface area contributed by atoms with E-state index in [9.17, 15) is 5.11 Å². The summed E-state index contributed by atoms with van der Waals surface area (Å²) in [6.45, 7) is 7.91. The fraction of sp³-hybridized carbons (Fsp3) is 1.00. The Labute approximate surface area is 142 Å². The van der Waals surface area contributed by atoms with Crippen molar-refractivity contribution in [2.45, 2.75) is 84.2 Å². The van der Waals surface area contributed by atoms with Crippen LogP contribution in [0.5, 0.6) is 0 Å². The van der Waals surface area contributed by atoms with Crippen LogP contribution in [-0.2, 0) is 4.74 Å². The molecular formula is C21H36O2. The summed E-state index contributed by atoms with van der Waals surface area (Å²) < 4.78 is 5.97. The highest BCUT2D eigenvalue weighted by atomic mass is 16.5. The minimum absolute atomic E-state index is 0.217. The van der Waals surface area contributed by atoms with Crippen LogP contribution >= 0.6 is 0 Å². The van der Waals surface area contributed by atoms with Crippen LogP contribution in [0.2, 0.25) is 0 Å². The minimum atomic E-state index is -0.234. The summed E-state index contributed by atoms with van der Waals surface area (Å²) in [4.78, 5) is 0. The van der Waals surface area contributed by atoms with Crippen molar-refractivity contribution in [3.63, 3.8) is 0 Å².